The first-order chi connectivity index (χ1) is 13.5. The highest BCUT2D eigenvalue weighted by Crippen LogP contribution is 2.19. The minimum Gasteiger partial charge on any atom is -0.452 e. The summed E-state index contributed by atoms with van der Waals surface area (Å²) in [7, 11) is -3.78. The fraction of sp³-hybridized carbons (Fsp3) is 0.619. The SMILES string of the molecule is Cc1ccc(S(=O)(=O)NC(C)(C)C)cc1C(=O)OCC(=O)NC1CCCCCC1. The van der Waals surface area contributed by atoms with Crippen LogP contribution in [0.5, 0.6) is 0 Å². The smallest absolute Gasteiger partial charge is 0.338 e. The van der Waals surface area contributed by atoms with E-state index in [1.165, 1.54) is 25.0 Å². The molecule has 8 heteroatoms. The number of carbonyl (C=O) groups excluding carboxylic acids is 2. The largest absolute Gasteiger partial charge is 0.452 e. The van der Waals surface area contributed by atoms with Gasteiger partial charge in [-0.05, 0) is 58.2 Å². The first-order valence-corrected chi connectivity index (χ1v) is 11.6. The maximum Gasteiger partial charge on any atom is 0.338 e. The van der Waals surface area contributed by atoms with Gasteiger partial charge in [-0.15, -0.1) is 0 Å². The van der Waals surface area contributed by atoms with E-state index >= 15 is 0 Å². The molecule has 1 saturated carbocycles. The van der Waals surface area contributed by atoms with E-state index in [9.17, 15) is 18.0 Å². The Morgan fingerprint density at radius 2 is 1.72 bits per heavy atom. The van der Waals surface area contributed by atoms with Crippen LogP contribution in [-0.4, -0.2) is 38.5 Å². The predicted molar refractivity (Wildman–Crippen MR) is 111 cm³/mol. The highest BCUT2D eigenvalue weighted by Gasteiger charge is 2.24. The van der Waals surface area contributed by atoms with E-state index in [2.05, 4.69) is 10.0 Å². The van der Waals surface area contributed by atoms with E-state index in [0.717, 1.165) is 25.7 Å². The molecule has 0 heterocycles. The lowest BCUT2D eigenvalue weighted by Gasteiger charge is -2.20. The number of hydrogen-bond acceptors (Lipinski definition) is 5. The number of amides is 1. The van der Waals surface area contributed by atoms with Gasteiger partial charge < -0.3 is 10.1 Å². The van der Waals surface area contributed by atoms with Crippen LogP contribution in [0.3, 0.4) is 0 Å². The lowest BCUT2D eigenvalue weighted by atomic mass is 10.1. The minimum absolute atomic E-state index is 0.0205. The molecule has 0 unspecified atom stereocenters. The zero-order valence-electron chi connectivity index (χ0n) is 17.7. The number of ether oxygens (including phenoxy) is 1. The normalized spacial score (nSPS) is 16.1. The van der Waals surface area contributed by atoms with Gasteiger partial charge in [0.25, 0.3) is 5.91 Å². The summed E-state index contributed by atoms with van der Waals surface area (Å²) in [6, 6.07) is 4.41. The summed E-state index contributed by atoms with van der Waals surface area (Å²) in [6.45, 7) is 6.52. The molecule has 7 nitrogen and oxygen atoms in total. The van der Waals surface area contributed by atoms with Gasteiger partial charge in [-0.3, -0.25) is 4.79 Å². The van der Waals surface area contributed by atoms with Crippen molar-refractivity contribution in [1.29, 1.82) is 0 Å². The molecule has 1 aliphatic carbocycles. The number of hydrogen-bond donors (Lipinski definition) is 2. The quantitative estimate of drug-likeness (QED) is 0.540. The summed E-state index contributed by atoms with van der Waals surface area (Å²) in [4.78, 5) is 24.6. The molecule has 0 atom stereocenters. The van der Waals surface area contributed by atoms with Gasteiger partial charge in [0.1, 0.15) is 0 Å². The lowest BCUT2D eigenvalue weighted by molar-refractivity contribution is -0.125. The second-order valence-corrected chi connectivity index (χ2v) is 10.3. The molecule has 162 valence electrons. The predicted octanol–water partition coefficient (Wildman–Crippen LogP) is 3.07. The number of nitrogens with one attached hydrogen (secondary N) is 2. The van der Waals surface area contributed by atoms with E-state index in [4.69, 9.17) is 4.74 Å². The summed E-state index contributed by atoms with van der Waals surface area (Å²) in [5.74, 6) is -1.05. The first kappa shape index (κ1) is 23.3. The monoisotopic (exact) mass is 424 g/mol. The van der Waals surface area contributed by atoms with E-state index < -0.39 is 21.5 Å². The van der Waals surface area contributed by atoms with Crippen LogP contribution >= 0.6 is 0 Å². The molecule has 0 radical (unpaired) electrons. The van der Waals surface area contributed by atoms with Crippen LogP contribution in [0.4, 0.5) is 0 Å². The molecule has 2 rings (SSSR count). The zero-order chi connectivity index (χ0) is 21.7. The molecule has 1 aromatic rings. The van der Waals surface area contributed by atoms with Gasteiger partial charge in [0.05, 0.1) is 10.5 Å². The molecule has 0 aliphatic heterocycles. The number of carbonyl (C=O) groups is 2. The number of benzene rings is 1. The molecule has 0 bridgehead atoms. The maximum absolute atomic E-state index is 12.5. The van der Waals surface area contributed by atoms with Gasteiger partial charge in [0.2, 0.25) is 10.0 Å². The van der Waals surface area contributed by atoms with Gasteiger partial charge in [0.15, 0.2) is 6.61 Å². The summed E-state index contributed by atoms with van der Waals surface area (Å²) >= 11 is 0. The third kappa shape index (κ3) is 7.44. The average Bonchev–Trinajstić information content (AvgIpc) is 2.86. The van der Waals surface area contributed by atoms with E-state index in [-0.39, 0.29) is 29.0 Å². The fourth-order valence-corrected chi connectivity index (χ4v) is 4.80. The third-order valence-electron chi connectivity index (χ3n) is 4.73. The molecule has 0 aromatic heterocycles. The van der Waals surface area contributed by atoms with Crippen molar-refractivity contribution in [2.75, 3.05) is 6.61 Å². The van der Waals surface area contributed by atoms with E-state index in [1.54, 1.807) is 33.8 Å². The molecule has 2 N–H and O–H groups in total. The van der Waals surface area contributed by atoms with Gasteiger partial charge in [-0.25, -0.2) is 17.9 Å². The summed E-state index contributed by atoms with van der Waals surface area (Å²) in [5.41, 5.74) is 0.0541. The Labute approximate surface area is 173 Å². The molecule has 0 spiro atoms. The van der Waals surface area contributed by atoms with Crippen LogP contribution in [-0.2, 0) is 19.6 Å². The topological polar surface area (TPSA) is 102 Å². The molecular formula is C21H32N2O5S. The Hall–Kier alpha value is -1.93. The average molecular weight is 425 g/mol. The van der Waals surface area contributed by atoms with Gasteiger partial charge in [0, 0.05) is 11.6 Å². The van der Waals surface area contributed by atoms with Crippen LogP contribution in [0.2, 0.25) is 0 Å². The zero-order valence-corrected chi connectivity index (χ0v) is 18.5. The van der Waals surface area contributed by atoms with Crippen LogP contribution in [0, 0.1) is 6.92 Å². The summed E-state index contributed by atoms with van der Waals surface area (Å²) in [5, 5.41) is 2.92. The molecule has 1 fully saturated rings. The molecule has 1 amide bonds. The highest BCUT2D eigenvalue weighted by molar-refractivity contribution is 7.89. The Bertz CT molecular complexity index is 835. The van der Waals surface area contributed by atoms with Crippen molar-refractivity contribution in [2.45, 2.75) is 82.7 Å². The minimum atomic E-state index is -3.78. The second-order valence-electron chi connectivity index (χ2n) is 8.66. The summed E-state index contributed by atoms with van der Waals surface area (Å²) in [6.07, 6.45) is 6.44. The number of sulfonamides is 1. The standard InChI is InChI=1S/C21H32N2O5S/c1-15-11-12-17(29(26,27)23-21(2,3)4)13-18(15)20(25)28-14-19(24)22-16-9-7-5-6-8-10-16/h11-13,16,23H,5-10,14H2,1-4H3,(H,22,24). The molecule has 29 heavy (non-hydrogen) atoms. The fourth-order valence-electron chi connectivity index (χ4n) is 3.35. The van der Waals surface area contributed by atoms with Crippen LogP contribution in [0.15, 0.2) is 23.1 Å². The van der Waals surface area contributed by atoms with Crippen molar-refractivity contribution in [1.82, 2.24) is 10.0 Å². The van der Waals surface area contributed by atoms with Gasteiger partial charge >= 0.3 is 5.97 Å². The van der Waals surface area contributed by atoms with Crippen molar-refractivity contribution in [3.05, 3.63) is 29.3 Å². The van der Waals surface area contributed by atoms with E-state index in [1.807, 2.05) is 0 Å². The number of aryl methyl sites for hydroxylation is 1. The maximum atomic E-state index is 12.5. The molecule has 1 aliphatic rings. The van der Waals surface area contributed by atoms with Crippen LogP contribution in [0.25, 0.3) is 0 Å². The highest BCUT2D eigenvalue weighted by atomic mass is 32.2. The van der Waals surface area contributed by atoms with Gasteiger partial charge in [-0.2, -0.15) is 0 Å². The van der Waals surface area contributed by atoms with Crippen LogP contribution in [0.1, 0.15) is 75.2 Å². The summed E-state index contributed by atoms with van der Waals surface area (Å²) < 4.78 is 32.7. The van der Waals surface area contributed by atoms with Gasteiger partial charge in [-0.1, -0.05) is 31.7 Å². The van der Waals surface area contributed by atoms with Crippen molar-refractivity contribution < 1.29 is 22.7 Å². The van der Waals surface area contributed by atoms with Crippen molar-refractivity contribution in [3.8, 4) is 0 Å². The van der Waals surface area contributed by atoms with Crippen LogP contribution < -0.4 is 10.0 Å². The molecule has 0 saturated heterocycles. The van der Waals surface area contributed by atoms with Crippen molar-refractivity contribution >= 4 is 21.9 Å². The third-order valence-corrected chi connectivity index (χ3v) is 6.49. The Balaban J connectivity index is 2.02. The Morgan fingerprint density at radius 3 is 2.31 bits per heavy atom. The number of esters is 1. The molecule has 1 aromatic carbocycles. The molecular weight excluding hydrogens is 392 g/mol. The number of rotatable bonds is 6. The second kappa shape index (κ2) is 9.71. The first-order valence-electron chi connectivity index (χ1n) is 10.1. The Morgan fingerprint density at radius 1 is 1.10 bits per heavy atom. The lowest BCUT2D eigenvalue weighted by Crippen LogP contribution is -2.40. The van der Waals surface area contributed by atoms with Crippen molar-refractivity contribution in [2.24, 2.45) is 0 Å². The van der Waals surface area contributed by atoms with Crippen molar-refractivity contribution in [3.63, 3.8) is 0 Å². The Kier molecular flexibility index (Phi) is 7.82. The van der Waals surface area contributed by atoms with E-state index in [0.29, 0.717) is 5.56 Å².